The molecule has 0 atom stereocenters. The van der Waals surface area contributed by atoms with Gasteiger partial charge in [-0.1, -0.05) is 6.07 Å². The van der Waals surface area contributed by atoms with E-state index in [1.165, 1.54) is 12.1 Å². The van der Waals surface area contributed by atoms with E-state index in [9.17, 15) is 4.79 Å². The van der Waals surface area contributed by atoms with Crippen molar-refractivity contribution in [1.82, 2.24) is 9.97 Å². The molecular weight excluding hydrogens is 232 g/mol. The van der Waals surface area contributed by atoms with E-state index in [1.807, 2.05) is 6.92 Å². The minimum absolute atomic E-state index is 0.192. The first-order chi connectivity index (χ1) is 8.65. The van der Waals surface area contributed by atoms with Gasteiger partial charge in [-0.25, -0.2) is 14.8 Å². The molecule has 0 fully saturated rings. The van der Waals surface area contributed by atoms with E-state index in [0.29, 0.717) is 11.6 Å². The molecule has 0 aliphatic rings. The number of aryl methyl sites for hydroxylation is 1. The van der Waals surface area contributed by atoms with Crippen LogP contribution in [0.2, 0.25) is 0 Å². The highest BCUT2D eigenvalue weighted by Gasteiger charge is 2.04. The Bertz CT molecular complexity index is 570. The normalized spacial score (nSPS) is 10.1. The first-order valence-electron chi connectivity index (χ1n) is 5.40. The van der Waals surface area contributed by atoms with E-state index in [0.717, 1.165) is 5.69 Å². The summed E-state index contributed by atoms with van der Waals surface area (Å²) in [5, 5.41) is 8.85. The van der Waals surface area contributed by atoms with Gasteiger partial charge in [0, 0.05) is 11.9 Å². The highest BCUT2D eigenvalue weighted by Crippen LogP contribution is 2.14. The fraction of sp³-hybridized carbons (Fsp3) is 0.154. The molecule has 5 heteroatoms. The lowest BCUT2D eigenvalue weighted by Crippen LogP contribution is -2.03. The lowest BCUT2D eigenvalue weighted by molar-refractivity contribution is 0.0696. The summed E-state index contributed by atoms with van der Waals surface area (Å²) in [4.78, 5) is 19.0. The molecule has 0 aliphatic carbocycles. The maximum atomic E-state index is 10.8. The van der Waals surface area contributed by atoms with Crippen LogP contribution < -0.4 is 4.74 Å². The van der Waals surface area contributed by atoms with Crippen molar-refractivity contribution in [2.75, 3.05) is 0 Å². The topological polar surface area (TPSA) is 72.3 Å². The zero-order valence-corrected chi connectivity index (χ0v) is 9.83. The standard InChI is InChI=1S/C13H12N2O3/c1-9-5-6-14-12(15-9)8-18-11-4-2-3-10(7-11)13(16)17/h2-7H,8H2,1H3,(H,16,17). The minimum atomic E-state index is -0.979. The van der Waals surface area contributed by atoms with Crippen molar-refractivity contribution < 1.29 is 14.6 Å². The number of hydrogen-bond acceptors (Lipinski definition) is 4. The zero-order chi connectivity index (χ0) is 13.0. The lowest BCUT2D eigenvalue weighted by atomic mass is 10.2. The zero-order valence-electron chi connectivity index (χ0n) is 9.83. The Morgan fingerprint density at radius 2 is 2.22 bits per heavy atom. The molecule has 18 heavy (non-hydrogen) atoms. The summed E-state index contributed by atoms with van der Waals surface area (Å²) in [5.74, 6) is 0.0722. The van der Waals surface area contributed by atoms with Crippen LogP contribution in [0.5, 0.6) is 5.75 Å². The van der Waals surface area contributed by atoms with Crippen LogP contribution >= 0.6 is 0 Å². The Kier molecular flexibility index (Phi) is 3.52. The molecule has 0 saturated heterocycles. The number of rotatable bonds is 4. The van der Waals surface area contributed by atoms with E-state index in [4.69, 9.17) is 9.84 Å². The van der Waals surface area contributed by atoms with Gasteiger partial charge in [0.25, 0.3) is 0 Å². The molecule has 0 saturated carbocycles. The van der Waals surface area contributed by atoms with Crippen LogP contribution in [0, 0.1) is 6.92 Å². The highest BCUT2D eigenvalue weighted by atomic mass is 16.5. The number of hydrogen-bond donors (Lipinski definition) is 1. The van der Waals surface area contributed by atoms with Crippen LogP contribution in [0.25, 0.3) is 0 Å². The largest absolute Gasteiger partial charge is 0.486 e. The highest BCUT2D eigenvalue weighted by molar-refractivity contribution is 5.87. The van der Waals surface area contributed by atoms with Crippen LogP contribution in [-0.2, 0) is 6.61 Å². The molecule has 1 aromatic carbocycles. The van der Waals surface area contributed by atoms with Gasteiger partial charge < -0.3 is 9.84 Å². The van der Waals surface area contributed by atoms with E-state index in [2.05, 4.69) is 9.97 Å². The second-order valence-corrected chi connectivity index (χ2v) is 3.74. The Hall–Kier alpha value is -2.43. The molecule has 1 aromatic heterocycles. The molecule has 5 nitrogen and oxygen atoms in total. The smallest absolute Gasteiger partial charge is 0.335 e. The van der Waals surface area contributed by atoms with Crippen LogP contribution in [0.3, 0.4) is 0 Å². The van der Waals surface area contributed by atoms with Gasteiger partial charge in [0.05, 0.1) is 5.56 Å². The first-order valence-corrected chi connectivity index (χ1v) is 5.40. The monoisotopic (exact) mass is 244 g/mol. The predicted molar refractivity (Wildman–Crippen MR) is 64.5 cm³/mol. The van der Waals surface area contributed by atoms with E-state index in [-0.39, 0.29) is 12.2 Å². The number of aromatic nitrogens is 2. The van der Waals surface area contributed by atoms with Crippen molar-refractivity contribution in [2.45, 2.75) is 13.5 Å². The number of carboxylic acid groups (broad SMARTS) is 1. The molecule has 0 spiro atoms. The maximum Gasteiger partial charge on any atom is 0.335 e. The summed E-state index contributed by atoms with van der Waals surface area (Å²) in [6.45, 7) is 2.08. The molecule has 0 aliphatic heterocycles. The quantitative estimate of drug-likeness (QED) is 0.891. The Balaban J connectivity index is 2.06. The second-order valence-electron chi connectivity index (χ2n) is 3.74. The molecule has 0 bridgehead atoms. The summed E-state index contributed by atoms with van der Waals surface area (Å²) in [7, 11) is 0. The number of carboxylic acids is 1. The van der Waals surface area contributed by atoms with Gasteiger partial charge in [0.2, 0.25) is 0 Å². The Morgan fingerprint density at radius 1 is 1.39 bits per heavy atom. The van der Waals surface area contributed by atoms with Crippen molar-refractivity contribution in [3.05, 3.63) is 53.6 Å². The number of aromatic carboxylic acids is 1. The predicted octanol–water partition coefficient (Wildman–Crippen LogP) is 2.06. The van der Waals surface area contributed by atoms with Gasteiger partial charge in [-0.3, -0.25) is 0 Å². The molecule has 0 amide bonds. The fourth-order valence-electron chi connectivity index (χ4n) is 1.44. The van der Waals surface area contributed by atoms with Crippen molar-refractivity contribution in [1.29, 1.82) is 0 Å². The summed E-state index contributed by atoms with van der Waals surface area (Å²) >= 11 is 0. The van der Waals surface area contributed by atoms with Gasteiger partial charge >= 0.3 is 5.97 Å². The second kappa shape index (κ2) is 5.27. The van der Waals surface area contributed by atoms with Crippen molar-refractivity contribution >= 4 is 5.97 Å². The third-order valence-corrected chi connectivity index (χ3v) is 2.29. The Labute approximate surface area is 104 Å². The van der Waals surface area contributed by atoms with E-state index < -0.39 is 5.97 Å². The van der Waals surface area contributed by atoms with Crippen molar-refractivity contribution in [3.8, 4) is 5.75 Å². The van der Waals surface area contributed by atoms with Crippen LogP contribution in [-0.4, -0.2) is 21.0 Å². The van der Waals surface area contributed by atoms with Crippen LogP contribution in [0.4, 0.5) is 0 Å². The average molecular weight is 244 g/mol. The SMILES string of the molecule is Cc1ccnc(COc2cccc(C(=O)O)c2)n1. The first kappa shape index (κ1) is 12.0. The summed E-state index contributed by atoms with van der Waals surface area (Å²) in [6, 6.07) is 8.11. The van der Waals surface area contributed by atoms with E-state index in [1.54, 1.807) is 24.4 Å². The molecule has 0 unspecified atom stereocenters. The van der Waals surface area contributed by atoms with Gasteiger partial charge in [-0.05, 0) is 31.2 Å². The summed E-state index contributed by atoms with van der Waals surface area (Å²) in [6.07, 6.45) is 1.66. The summed E-state index contributed by atoms with van der Waals surface area (Å²) < 4.78 is 5.45. The van der Waals surface area contributed by atoms with Crippen molar-refractivity contribution in [2.24, 2.45) is 0 Å². The molecule has 1 N–H and O–H groups in total. The molecule has 0 radical (unpaired) electrons. The molecule has 2 aromatic rings. The number of carbonyl (C=O) groups is 1. The van der Waals surface area contributed by atoms with Crippen LogP contribution in [0.15, 0.2) is 36.5 Å². The minimum Gasteiger partial charge on any atom is -0.486 e. The van der Waals surface area contributed by atoms with Gasteiger partial charge in [0.1, 0.15) is 12.4 Å². The van der Waals surface area contributed by atoms with E-state index >= 15 is 0 Å². The lowest BCUT2D eigenvalue weighted by Gasteiger charge is -2.06. The molecule has 92 valence electrons. The van der Waals surface area contributed by atoms with Crippen molar-refractivity contribution in [3.63, 3.8) is 0 Å². The van der Waals surface area contributed by atoms with Crippen LogP contribution in [0.1, 0.15) is 21.9 Å². The van der Waals surface area contributed by atoms with Gasteiger partial charge in [0.15, 0.2) is 5.82 Å². The third kappa shape index (κ3) is 3.04. The molecule has 1 heterocycles. The summed E-state index contributed by atoms with van der Waals surface area (Å²) in [5.41, 5.74) is 1.06. The number of benzene rings is 1. The average Bonchev–Trinajstić information content (AvgIpc) is 2.37. The van der Waals surface area contributed by atoms with Gasteiger partial charge in [-0.15, -0.1) is 0 Å². The molecular formula is C13H12N2O3. The van der Waals surface area contributed by atoms with Gasteiger partial charge in [-0.2, -0.15) is 0 Å². The maximum absolute atomic E-state index is 10.8. The molecule has 2 rings (SSSR count). The fourth-order valence-corrected chi connectivity index (χ4v) is 1.44. The number of nitrogens with zero attached hydrogens (tertiary/aromatic N) is 2. The Morgan fingerprint density at radius 3 is 2.94 bits per heavy atom. The number of ether oxygens (including phenoxy) is 1. The third-order valence-electron chi connectivity index (χ3n) is 2.29.